The predicted molar refractivity (Wildman–Crippen MR) is 82.6 cm³/mol. The summed E-state index contributed by atoms with van der Waals surface area (Å²) in [5, 5.41) is 7.43. The van der Waals surface area contributed by atoms with Gasteiger partial charge in [0.15, 0.2) is 0 Å². The molecule has 0 amide bonds. The molecule has 7 nitrogen and oxygen atoms in total. The molecule has 1 N–H and O–H groups in total. The highest BCUT2D eigenvalue weighted by atomic mass is 32.2. The molecule has 1 fully saturated rings. The van der Waals surface area contributed by atoms with Gasteiger partial charge in [-0.2, -0.15) is 5.10 Å². The zero-order valence-electron chi connectivity index (χ0n) is 13.0. The van der Waals surface area contributed by atoms with Crippen LogP contribution in [-0.2, 0) is 16.9 Å². The van der Waals surface area contributed by atoms with Crippen molar-refractivity contribution in [2.24, 2.45) is 7.05 Å². The summed E-state index contributed by atoms with van der Waals surface area (Å²) in [6.45, 7) is 3.81. The quantitative estimate of drug-likeness (QED) is 0.851. The van der Waals surface area contributed by atoms with Crippen LogP contribution in [0, 0.1) is 13.8 Å². The standard InChI is InChI=1S/C14H19N5O2S/c1-8-5-13(18-14(16-8)22(4,20)21)17-12-6-10(12)11-7-15-19(3)9(11)2/h5,7,10,12H,6H2,1-4H3,(H,16,17,18)/t10-,12+/m0/s1. The van der Waals surface area contributed by atoms with E-state index in [0.717, 1.165) is 18.4 Å². The molecule has 1 aliphatic carbocycles. The van der Waals surface area contributed by atoms with Crippen molar-refractivity contribution >= 4 is 15.7 Å². The fourth-order valence-corrected chi connectivity index (χ4v) is 3.12. The second kappa shape index (κ2) is 5.05. The van der Waals surface area contributed by atoms with Crippen LogP contribution in [-0.4, -0.2) is 40.5 Å². The lowest BCUT2D eigenvalue weighted by Crippen LogP contribution is -2.11. The van der Waals surface area contributed by atoms with Gasteiger partial charge in [0, 0.05) is 42.7 Å². The van der Waals surface area contributed by atoms with E-state index < -0.39 is 9.84 Å². The van der Waals surface area contributed by atoms with Crippen LogP contribution in [0.5, 0.6) is 0 Å². The third-order valence-corrected chi connectivity index (χ3v) is 4.81. The van der Waals surface area contributed by atoms with Gasteiger partial charge in [-0.15, -0.1) is 0 Å². The van der Waals surface area contributed by atoms with Crippen LogP contribution in [0.25, 0.3) is 0 Å². The summed E-state index contributed by atoms with van der Waals surface area (Å²) in [4.78, 5) is 8.08. The van der Waals surface area contributed by atoms with E-state index in [9.17, 15) is 8.42 Å². The normalized spacial score (nSPS) is 20.9. The van der Waals surface area contributed by atoms with E-state index in [1.54, 1.807) is 13.0 Å². The van der Waals surface area contributed by atoms with Crippen molar-refractivity contribution in [3.63, 3.8) is 0 Å². The topological polar surface area (TPSA) is 89.8 Å². The lowest BCUT2D eigenvalue weighted by Gasteiger charge is -2.07. The highest BCUT2D eigenvalue weighted by Gasteiger charge is 2.40. The molecule has 3 rings (SSSR count). The Balaban J connectivity index is 1.78. The number of anilines is 1. The van der Waals surface area contributed by atoms with E-state index in [1.165, 1.54) is 5.56 Å². The Labute approximate surface area is 129 Å². The van der Waals surface area contributed by atoms with E-state index in [1.807, 2.05) is 24.9 Å². The molecule has 0 radical (unpaired) electrons. The highest BCUT2D eigenvalue weighted by Crippen LogP contribution is 2.43. The number of hydrogen-bond donors (Lipinski definition) is 1. The third kappa shape index (κ3) is 2.83. The van der Waals surface area contributed by atoms with Crippen molar-refractivity contribution < 1.29 is 8.42 Å². The first-order chi connectivity index (χ1) is 10.3. The molecule has 2 aromatic rings. The molecule has 0 saturated heterocycles. The first-order valence-corrected chi connectivity index (χ1v) is 8.95. The summed E-state index contributed by atoms with van der Waals surface area (Å²) in [7, 11) is -1.48. The van der Waals surface area contributed by atoms with Crippen LogP contribution >= 0.6 is 0 Å². The van der Waals surface area contributed by atoms with Crippen molar-refractivity contribution in [3.8, 4) is 0 Å². The molecule has 0 aromatic carbocycles. The number of nitrogens with one attached hydrogen (secondary N) is 1. The number of sulfone groups is 1. The van der Waals surface area contributed by atoms with Gasteiger partial charge in [0.25, 0.3) is 0 Å². The number of aromatic nitrogens is 4. The molecule has 2 heterocycles. The molecule has 2 atom stereocenters. The van der Waals surface area contributed by atoms with Crippen molar-refractivity contribution in [3.05, 3.63) is 29.2 Å². The van der Waals surface area contributed by atoms with Gasteiger partial charge in [-0.05, 0) is 25.8 Å². The highest BCUT2D eigenvalue weighted by molar-refractivity contribution is 7.90. The van der Waals surface area contributed by atoms with E-state index in [2.05, 4.69) is 20.4 Å². The molecule has 0 unspecified atom stereocenters. The SMILES string of the molecule is Cc1cc(N[C@@H]2C[C@H]2c2cnn(C)c2C)nc(S(C)(=O)=O)n1. The van der Waals surface area contributed by atoms with Crippen LogP contribution < -0.4 is 5.32 Å². The van der Waals surface area contributed by atoms with Crippen LogP contribution in [0.2, 0.25) is 0 Å². The largest absolute Gasteiger partial charge is 0.367 e. The second-order valence-electron chi connectivity index (χ2n) is 5.85. The van der Waals surface area contributed by atoms with Crippen molar-refractivity contribution in [1.82, 2.24) is 19.7 Å². The Hall–Kier alpha value is -1.96. The maximum absolute atomic E-state index is 11.6. The molecule has 0 aliphatic heterocycles. The first kappa shape index (κ1) is 15.0. The maximum atomic E-state index is 11.6. The lowest BCUT2D eigenvalue weighted by atomic mass is 10.1. The average Bonchev–Trinajstić information content (AvgIpc) is 3.07. The van der Waals surface area contributed by atoms with Crippen molar-refractivity contribution in [1.29, 1.82) is 0 Å². The van der Waals surface area contributed by atoms with Gasteiger partial charge in [-0.25, -0.2) is 18.4 Å². The Morgan fingerprint density at radius 1 is 1.32 bits per heavy atom. The zero-order valence-corrected chi connectivity index (χ0v) is 13.8. The Morgan fingerprint density at radius 3 is 2.64 bits per heavy atom. The van der Waals surface area contributed by atoms with E-state index in [0.29, 0.717) is 17.4 Å². The zero-order chi connectivity index (χ0) is 16.1. The monoisotopic (exact) mass is 321 g/mol. The predicted octanol–water partition coefficient (Wildman–Crippen LogP) is 1.20. The smallest absolute Gasteiger partial charge is 0.248 e. The summed E-state index contributed by atoms with van der Waals surface area (Å²) < 4.78 is 25.1. The molecule has 1 aliphatic rings. The number of nitrogens with zero attached hydrogens (tertiary/aromatic N) is 4. The summed E-state index contributed by atoms with van der Waals surface area (Å²) >= 11 is 0. The van der Waals surface area contributed by atoms with E-state index in [4.69, 9.17) is 0 Å². The Morgan fingerprint density at radius 2 is 2.05 bits per heavy atom. The Kier molecular flexibility index (Phi) is 3.43. The molecular formula is C14H19N5O2S. The van der Waals surface area contributed by atoms with Crippen molar-refractivity contribution in [2.45, 2.75) is 37.4 Å². The van der Waals surface area contributed by atoms with Crippen LogP contribution in [0.15, 0.2) is 17.4 Å². The van der Waals surface area contributed by atoms with Crippen LogP contribution in [0.3, 0.4) is 0 Å². The molecule has 8 heteroatoms. The van der Waals surface area contributed by atoms with Gasteiger partial charge in [-0.1, -0.05) is 0 Å². The molecule has 0 spiro atoms. The van der Waals surface area contributed by atoms with Gasteiger partial charge in [-0.3, -0.25) is 4.68 Å². The molecule has 2 aromatic heterocycles. The lowest BCUT2D eigenvalue weighted by molar-refractivity contribution is 0.592. The summed E-state index contributed by atoms with van der Waals surface area (Å²) in [6, 6.07) is 2.02. The van der Waals surface area contributed by atoms with Gasteiger partial charge < -0.3 is 5.32 Å². The third-order valence-electron chi connectivity index (χ3n) is 3.96. The van der Waals surface area contributed by atoms with Gasteiger partial charge in [0.05, 0.1) is 6.20 Å². The summed E-state index contributed by atoms with van der Waals surface area (Å²) in [5.41, 5.74) is 3.02. The Bertz CT molecular complexity index is 828. The molecule has 22 heavy (non-hydrogen) atoms. The minimum absolute atomic E-state index is 0.134. The summed E-state index contributed by atoms with van der Waals surface area (Å²) in [5.74, 6) is 0.952. The fraction of sp³-hybridized carbons (Fsp3) is 0.500. The van der Waals surface area contributed by atoms with Gasteiger partial charge in [0.1, 0.15) is 5.82 Å². The minimum Gasteiger partial charge on any atom is -0.367 e. The minimum atomic E-state index is -3.41. The average molecular weight is 321 g/mol. The number of aryl methyl sites for hydroxylation is 2. The van der Waals surface area contributed by atoms with E-state index >= 15 is 0 Å². The first-order valence-electron chi connectivity index (χ1n) is 7.06. The number of hydrogen-bond acceptors (Lipinski definition) is 6. The number of rotatable bonds is 4. The van der Waals surface area contributed by atoms with Gasteiger partial charge >= 0.3 is 0 Å². The molecule has 118 valence electrons. The maximum Gasteiger partial charge on any atom is 0.248 e. The van der Waals surface area contributed by atoms with Gasteiger partial charge in [0.2, 0.25) is 15.0 Å². The summed E-state index contributed by atoms with van der Waals surface area (Å²) in [6.07, 6.45) is 4.00. The van der Waals surface area contributed by atoms with Crippen LogP contribution in [0.1, 0.15) is 29.3 Å². The second-order valence-corrected chi connectivity index (χ2v) is 7.76. The molecule has 0 bridgehead atoms. The van der Waals surface area contributed by atoms with Crippen LogP contribution in [0.4, 0.5) is 5.82 Å². The molecular weight excluding hydrogens is 302 g/mol. The van der Waals surface area contributed by atoms with E-state index in [-0.39, 0.29) is 11.2 Å². The fourth-order valence-electron chi connectivity index (χ4n) is 2.55. The van der Waals surface area contributed by atoms with Crippen molar-refractivity contribution in [2.75, 3.05) is 11.6 Å². The molecule has 1 saturated carbocycles.